The van der Waals surface area contributed by atoms with Crippen molar-refractivity contribution in [1.82, 2.24) is 14.6 Å². The predicted molar refractivity (Wildman–Crippen MR) is 40.0 cm³/mol. The Morgan fingerprint density at radius 1 is 1.36 bits per heavy atom. The maximum Gasteiger partial charge on any atom is 0.155 e. The summed E-state index contributed by atoms with van der Waals surface area (Å²) in [6.07, 6.45) is 3.40. The molecule has 0 amide bonds. The molecule has 2 aromatic heterocycles. The van der Waals surface area contributed by atoms with Crippen LogP contribution in [0.4, 0.5) is 4.39 Å². The highest BCUT2D eigenvalue weighted by atomic mass is 19.1. The van der Waals surface area contributed by atoms with Crippen LogP contribution in [0.15, 0.2) is 30.7 Å². The summed E-state index contributed by atoms with van der Waals surface area (Å²) >= 11 is 0. The topological polar surface area (TPSA) is 30.2 Å². The molecule has 0 unspecified atom stereocenters. The van der Waals surface area contributed by atoms with E-state index >= 15 is 0 Å². The maximum absolute atomic E-state index is 9.50. The summed E-state index contributed by atoms with van der Waals surface area (Å²) in [6.45, 7) is 0. The van der Waals surface area contributed by atoms with E-state index in [1.165, 1.54) is 6.33 Å². The van der Waals surface area contributed by atoms with Crippen LogP contribution in [0.3, 0.4) is 0 Å². The van der Waals surface area contributed by atoms with Gasteiger partial charge in [0.15, 0.2) is 5.65 Å². The monoisotopic (exact) mass is 153 g/mol. The summed E-state index contributed by atoms with van der Waals surface area (Å²) in [7, 11) is 0.500. The number of nitrogens with zero attached hydrogens (tertiary/aromatic N) is 3. The highest BCUT2D eigenvalue weighted by Crippen LogP contribution is 1.93. The first-order valence-electron chi connectivity index (χ1n) is 3.09. The largest absolute Gasteiger partial charge is 0.255 e. The van der Waals surface area contributed by atoms with E-state index in [1.54, 1.807) is 4.52 Å². The lowest BCUT2D eigenvalue weighted by atomic mass is 10.5. The van der Waals surface area contributed by atoms with Crippen LogP contribution in [0.1, 0.15) is 0 Å². The van der Waals surface area contributed by atoms with E-state index in [0.717, 1.165) is 5.65 Å². The van der Waals surface area contributed by atoms with Gasteiger partial charge >= 0.3 is 0 Å². The van der Waals surface area contributed by atoms with Gasteiger partial charge in [-0.3, -0.25) is 4.39 Å². The molecule has 0 aliphatic rings. The number of fused-ring (bicyclic) bond motifs is 1. The zero-order valence-electron chi connectivity index (χ0n) is 6.11. The minimum Gasteiger partial charge on any atom is -0.255 e. The van der Waals surface area contributed by atoms with Crippen molar-refractivity contribution in [3.05, 3.63) is 30.7 Å². The summed E-state index contributed by atoms with van der Waals surface area (Å²) in [5, 5.41) is 3.92. The fraction of sp³-hybridized carbons (Fsp3) is 0.143. The number of halogens is 1. The molecule has 0 saturated carbocycles. The van der Waals surface area contributed by atoms with Crippen molar-refractivity contribution in [3.63, 3.8) is 0 Å². The smallest absolute Gasteiger partial charge is 0.155 e. The summed E-state index contributed by atoms with van der Waals surface area (Å²) in [6, 6.07) is 5.76. The van der Waals surface area contributed by atoms with E-state index < -0.39 is 0 Å². The summed E-state index contributed by atoms with van der Waals surface area (Å²) in [5.41, 5.74) is 0.887. The zero-order chi connectivity index (χ0) is 8.10. The highest BCUT2D eigenvalue weighted by molar-refractivity contribution is 5.34. The minimum absolute atomic E-state index is 0.500. The van der Waals surface area contributed by atoms with Crippen molar-refractivity contribution in [2.24, 2.45) is 0 Å². The number of pyridine rings is 1. The van der Waals surface area contributed by atoms with Crippen LogP contribution in [0.25, 0.3) is 5.65 Å². The number of rotatable bonds is 0. The van der Waals surface area contributed by atoms with Crippen molar-refractivity contribution in [2.75, 3.05) is 7.18 Å². The molecule has 2 rings (SSSR count). The normalized spacial score (nSPS) is 8.91. The molecule has 0 saturated heterocycles. The molecular formula is C7H8FN3. The predicted octanol–water partition coefficient (Wildman–Crippen LogP) is 1.31. The summed E-state index contributed by atoms with van der Waals surface area (Å²) in [5.74, 6) is 0. The van der Waals surface area contributed by atoms with Gasteiger partial charge < -0.3 is 0 Å². The van der Waals surface area contributed by atoms with Crippen LogP contribution in [0.2, 0.25) is 0 Å². The SMILES string of the molecule is CF.c1ccn2ncnc2c1. The summed E-state index contributed by atoms with van der Waals surface area (Å²) in [4.78, 5) is 3.97. The Kier molecular flexibility index (Phi) is 2.54. The van der Waals surface area contributed by atoms with E-state index in [2.05, 4.69) is 10.1 Å². The van der Waals surface area contributed by atoms with Gasteiger partial charge in [0.05, 0.1) is 7.18 Å². The molecule has 0 N–H and O–H groups in total. The molecular weight excluding hydrogens is 145 g/mol. The lowest BCUT2D eigenvalue weighted by Crippen LogP contribution is -1.82. The van der Waals surface area contributed by atoms with Crippen LogP contribution in [0.5, 0.6) is 0 Å². The molecule has 58 valence electrons. The van der Waals surface area contributed by atoms with E-state index in [-0.39, 0.29) is 0 Å². The van der Waals surface area contributed by atoms with Crippen molar-refractivity contribution in [3.8, 4) is 0 Å². The van der Waals surface area contributed by atoms with E-state index in [0.29, 0.717) is 7.18 Å². The van der Waals surface area contributed by atoms with E-state index in [4.69, 9.17) is 0 Å². The highest BCUT2D eigenvalue weighted by Gasteiger charge is 1.86. The van der Waals surface area contributed by atoms with Gasteiger partial charge in [-0.1, -0.05) is 6.07 Å². The van der Waals surface area contributed by atoms with Gasteiger partial charge in [0, 0.05) is 6.20 Å². The summed E-state index contributed by atoms with van der Waals surface area (Å²) < 4.78 is 11.2. The van der Waals surface area contributed by atoms with Gasteiger partial charge in [-0.05, 0) is 12.1 Å². The molecule has 2 heterocycles. The van der Waals surface area contributed by atoms with Gasteiger partial charge in [0.2, 0.25) is 0 Å². The second-order valence-electron chi connectivity index (χ2n) is 1.76. The Bertz CT molecular complexity index is 288. The molecule has 0 fully saturated rings. The van der Waals surface area contributed by atoms with Crippen LogP contribution >= 0.6 is 0 Å². The van der Waals surface area contributed by atoms with Crippen molar-refractivity contribution in [2.45, 2.75) is 0 Å². The molecule has 0 bridgehead atoms. The molecule has 0 spiro atoms. The Labute approximate surface area is 63.5 Å². The first kappa shape index (κ1) is 7.65. The van der Waals surface area contributed by atoms with Gasteiger partial charge in [-0.25, -0.2) is 9.50 Å². The standard InChI is InChI=1S/C6H5N3.CH3F/c1-2-4-9-6(3-1)7-5-8-9;1-2/h1-5H;1H3. The van der Waals surface area contributed by atoms with E-state index in [9.17, 15) is 4.39 Å². The molecule has 0 atom stereocenters. The lowest BCUT2D eigenvalue weighted by Gasteiger charge is -1.84. The quantitative estimate of drug-likeness (QED) is 0.571. The maximum atomic E-state index is 9.50. The third-order valence-electron chi connectivity index (χ3n) is 1.18. The Morgan fingerprint density at radius 2 is 2.18 bits per heavy atom. The average molecular weight is 153 g/mol. The van der Waals surface area contributed by atoms with Gasteiger partial charge in [-0.2, -0.15) is 5.10 Å². The van der Waals surface area contributed by atoms with Crippen molar-refractivity contribution >= 4 is 5.65 Å². The van der Waals surface area contributed by atoms with Gasteiger partial charge in [0.1, 0.15) is 6.33 Å². The number of hydrogen-bond acceptors (Lipinski definition) is 2. The third-order valence-corrected chi connectivity index (χ3v) is 1.18. The molecule has 11 heavy (non-hydrogen) atoms. The van der Waals surface area contributed by atoms with Crippen molar-refractivity contribution in [1.29, 1.82) is 0 Å². The van der Waals surface area contributed by atoms with Crippen LogP contribution in [-0.2, 0) is 0 Å². The average Bonchev–Trinajstić information content (AvgIpc) is 2.55. The van der Waals surface area contributed by atoms with Crippen LogP contribution in [-0.4, -0.2) is 21.8 Å². The number of aromatic nitrogens is 3. The molecule has 2 aromatic rings. The molecule has 0 aliphatic heterocycles. The van der Waals surface area contributed by atoms with Gasteiger partial charge in [0.25, 0.3) is 0 Å². The third kappa shape index (κ3) is 1.52. The Morgan fingerprint density at radius 3 is 2.91 bits per heavy atom. The molecule has 3 nitrogen and oxygen atoms in total. The first-order chi connectivity index (χ1) is 5.47. The second kappa shape index (κ2) is 3.65. The van der Waals surface area contributed by atoms with Crippen LogP contribution < -0.4 is 0 Å². The second-order valence-corrected chi connectivity index (χ2v) is 1.76. The number of alkyl halides is 1. The molecule has 0 aliphatic carbocycles. The first-order valence-corrected chi connectivity index (χ1v) is 3.09. The molecule has 0 radical (unpaired) electrons. The van der Waals surface area contributed by atoms with Crippen molar-refractivity contribution < 1.29 is 4.39 Å². The molecule has 0 aromatic carbocycles. The van der Waals surface area contributed by atoms with Gasteiger partial charge in [-0.15, -0.1) is 0 Å². The molecule has 4 heteroatoms. The van der Waals surface area contributed by atoms with Crippen LogP contribution in [0, 0.1) is 0 Å². The zero-order valence-corrected chi connectivity index (χ0v) is 6.11. The Balaban J connectivity index is 0.000000281. The number of hydrogen-bond donors (Lipinski definition) is 0. The van der Waals surface area contributed by atoms with E-state index in [1.807, 2.05) is 24.4 Å². The lowest BCUT2D eigenvalue weighted by molar-refractivity contribution is 0.636. The minimum atomic E-state index is 0.500. The Hall–Kier alpha value is -1.45. The fourth-order valence-corrected chi connectivity index (χ4v) is 0.766. The fourth-order valence-electron chi connectivity index (χ4n) is 0.766.